The molecule has 1 saturated heterocycles. The number of hydrogen-bond donors (Lipinski definition) is 5. The van der Waals surface area contributed by atoms with Crippen LogP contribution in [0.4, 0.5) is 0 Å². The Bertz CT molecular complexity index is 2620. The first-order valence-electron chi connectivity index (χ1n) is 28.1. The molecule has 0 amide bonds. The summed E-state index contributed by atoms with van der Waals surface area (Å²) in [4.78, 5) is 60.7. The molecule has 0 radical (unpaired) electrons. The van der Waals surface area contributed by atoms with Gasteiger partial charge in [-0.25, -0.2) is 9.13 Å². The lowest BCUT2D eigenvalue weighted by Crippen LogP contribution is -3.00. The number of rotatable bonds is 25. The number of phosphoric acid groups is 1. The van der Waals surface area contributed by atoms with Crippen molar-refractivity contribution in [3.8, 4) is 5.75 Å². The summed E-state index contributed by atoms with van der Waals surface area (Å²) in [5.41, 5.74) is 1.20. The number of allylic oxidation sites excluding steroid dienone is 4. The highest BCUT2D eigenvalue weighted by Gasteiger charge is 2.76. The Balaban J connectivity index is 0.00000784. The number of benzene rings is 2. The molecule has 15 nitrogen and oxygen atoms in total. The number of nitrogens with zero attached hydrogens (tertiary/aromatic N) is 1. The van der Waals surface area contributed by atoms with Crippen molar-refractivity contribution in [1.82, 2.24) is 5.32 Å². The standard InChI is InChI=1S/C60H79N2O13P.ClH/c1-58-27-26-47(63)34-46(58)23-24-48-49-35-54-60(59(49,2)36-50(64)56(48)58,74-57(73-54)43-20-9-6-10-21-43)53(66)40-72-55(67)32-42-19-15-29-62(38-42)39-45-33-44(22-25-52(45)75-76(68,69)70)51(65)37-61-28-12-3-4-13-30-71-31-14-11-18-41-16-7-5-8-17-41;/h5,7-8,15-17,19,22,25-27,29,33-34,38,43,48-51,54,56-57,61,64-65H,3-4,6,9-14,18,20-21,23-24,28,30-32,35-37,39-40H2,1-2H3,(H-,68,69,70);1H/t48-,49-,50-,51?,54+,56+,57+,58-,59-,60+;/m0./s1. The van der Waals surface area contributed by atoms with E-state index in [4.69, 9.17) is 23.5 Å². The molecule has 5 fully saturated rings. The number of halogens is 1. The van der Waals surface area contributed by atoms with Crippen LogP contribution < -0.4 is 26.8 Å². The van der Waals surface area contributed by atoms with Crippen LogP contribution in [0.15, 0.2) is 96.9 Å². The minimum Gasteiger partial charge on any atom is -1.00 e. The average Bonchev–Trinajstić information content (AvgIpc) is 4.16. The van der Waals surface area contributed by atoms with E-state index >= 15 is 4.79 Å². The summed E-state index contributed by atoms with van der Waals surface area (Å²) < 4.78 is 44.4. The molecule has 77 heavy (non-hydrogen) atoms. The van der Waals surface area contributed by atoms with Gasteiger partial charge in [0.05, 0.1) is 30.3 Å². The van der Waals surface area contributed by atoms with Gasteiger partial charge in [0.25, 0.3) is 0 Å². The number of carbonyl (C=O) groups excluding carboxylic acids is 3. The Morgan fingerprint density at radius 3 is 2.47 bits per heavy atom. The van der Waals surface area contributed by atoms with Crippen LogP contribution in [0.5, 0.6) is 5.75 Å². The zero-order chi connectivity index (χ0) is 53.5. The van der Waals surface area contributed by atoms with Gasteiger partial charge in [0.1, 0.15) is 5.75 Å². The van der Waals surface area contributed by atoms with Gasteiger partial charge >= 0.3 is 13.8 Å². The molecule has 1 unspecified atom stereocenters. The lowest BCUT2D eigenvalue weighted by atomic mass is 9.46. The minimum atomic E-state index is -4.94. The third kappa shape index (κ3) is 13.6. The summed E-state index contributed by atoms with van der Waals surface area (Å²) in [6.07, 6.45) is 20.6. The topological polar surface area (TPSA) is 211 Å². The van der Waals surface area contributed by atoms with Crippen molar-refractivity contribution in [3.63, 3.8) is 0 Å². The average molecular weight is 1100 g/mol. The van der Waals surface area contributed by atoms with E-state index in [0.29, 0.717) is 29.5 Å². The number of hydrogen-bond acceptors (Lipinski definition) is 12. The Labute approximate surface area is 460 Å². The van der Waals surface area contributed by atoms with Crippen LogP contribution in [-0.2, 0) is 57.3 Å². The number of Topliss-reactive ketones (excluding diaryl/α,β-unsaturated/α-hetero) is 1. The zero-order valence-corrected chi connectivity index (χ0v) is 46.4. The summed E-state index contributed by atoms with van der Waals surface area (Å²) in [6.45, 7) is 6.30. The van der Waals surface area contributed by atoms with Gasteiger partial charge < -0.3 is 51.4 Å². The van der Waals surface area contributed by atoms with E-state index in [0.717, 1.165) is 115 Å². The van der Waals surface area contributed by atoms with Crippen LogP contribution in [0.2, 0.25) is 0 Å². The Morgan fingerprint density at radius 1 is 0.935 bits per heavy atom. The number of aryl methyl sites for hydroxylation is 1. The predicted octanol–water partition coefficient (Wildman–Crippen LogP) is 5.32. The molecule has 5 aliphatic carbocycles. The predicted molar refractivity (Wildman–Crippen MR) is 283 cm³/mol. The first-order valence-corrected chi connectivity index (χ1v) is 29.6. The van der Waals surface area contributed by atoms with E-state index in [9.17, 15) is 34.2 Å². The first-order chi connectivity index (χ1) is 36.6. The number of carbonyl (C=O) groups is 3. The van der Waals surface area contributed by atoms with Crippen molar-refractivity contribution >= 4 is 25.4 Å². The summed E-state index contributed by atoms with van der Waals surface area (Å²) in [5, 5.41) is 26.7. The smallest absolute Gasteiger partial charge is 0.524 e. The molecule has 2 aromatic carbocycles. The van der Waals surface area contributed by atoms with Gasteiger partial charge in [0, 0.05) is 54.1 Å². The van der Waals surface area contributed by atoms with Gasteiger partial charge in [-0.05, 0) is 130 Å². The Hall–Kier alpha value is -4.12. The highest BCUT2D eigenvalue weighted by molar-refractivity contribution is 7.46. The number of phosphoric ester groups is 1. The largest absolute Gasteiger partial charge is 1.00 e. The number of pyridine rings is 1. The number of ether oxygens (including phenoxy) is 4. The lowest BCUT2D eigenvalue weighted by molar-refractivity contribution is -0.688. The Morgan fingerprint density at radius 2 is 1.69 bits per heavy atom. The van der Waals surface area contributed by atoms with E-state index in [2.05, 4.69) is 43.4 Å². The number of esters is 1. The normalized spacial score (nSPS) is 29.1. The monoisotopic (exact) mass is 1100 g/mol. The molecule has 5 N–H and O–H groups in total. The summed E-state index contributed by atoms with van der Waals surface area (Å²) >= 11 is 0. The fourth-order valence-electron chi connectivity index (χ4n) is 14.2. The molecule has 6 aliphatic rings. The van der Waals surface area contributed by atoms with Gasteiger partial charge in [-0.3, -0.25) is 24.2 Å². The van der Waals surface area contributed by atoms with Crippen molar-refractivity contribution in [1.29, 1.82) is 0 Å². The number of aliphatic hydroxyl groups is 2. The van der Waals surface area contributed by atoms with Crippen molar-refractivity contribution in [3.05, 3.63) is 119 Å². The number of ketones is 2. The molecule has 1 aliphatic heterocycles. The molecule has 420 valence electrons. The fraction of sp³-hybridized carbons (Fsp3) is 0.600. The fourth-order valence-corrected chi connectivity index (χ4v) is 14.7. The van der Waals surface area contributed by atoms with E-state index < -0.39 is 61.4 Å². The van der Waals surface area contributed by atoms with Crippen LogP contribution in [0.25, 0.3) is 0 Å². The van der Waals surface area contributed by atoms with E-state index in [1.165, 1.54) is 11.6 Å². The molecule has 4 saturated carbocycles. The van der Waals surface area contributed by atoms with Crippen molar-refractivity contribution in [2.24, 2.45) is 34.5 Å². The second kappa shape index (κ2) is 26.0. The van der Waals surface area contributed by atoms with Crippen LogP contribution in [-0.4, -0.2) is 94.5 Å². The maximum atomic E-state index is 15.0. The van der Waals surface area contributed by atoms with Crippen molar-refractivity contribution in [2.45, 2.75) is 160 Å². The number of nitrogens with one attached hydrogen (secondary N) is 1. The zero-order valence-electron chi connectivity index (χ0n) is 44.8. The van der Waals surface area contributed by atoms with E-state index in [1.807, 2.05) is 12.1 Å². The summed E-state index contributed by atoms with van der Waals surface area (Å²) in [7, 11) is -4.94. The lowest BCUT2D eigenvalue weighted by Gasteiger charge is -2.59. The van der Waals surface area contributed by atoms with Crippen LogP contribution in [0.1, 0.15) is 139 Å². The van der Waals surface area contributed by atoms with Gasteiger partial charge in [0.15, 0.2) is 43.2 Å². The number of aromatic nitrogens is 1. The quantitative estimate of drug-likeness (QED) is 0.0315. The van der Waals surface area contributed by atoms with Gasteiger partial charge in [-0.15, -0.1) is 0 Å². The van der Waals surface area contributed by atoms with Crippen LogP contribution in [0, 0.1) is 34.5 Å². The number of aliphatic hydroxyl groups excluding tert-OH is 2. The number of unbranched alkanes of at least 4 members (excludes halogenated alkanes) is 4. The SMILES string of the molecule is C[C@]12C=CC(=O)C=C1CC[C@@H]1[C@@H]2[C@@H](O)C[C@@]2(C)[C@H]1C[C@H]1O[C@@H](C3CCCCC3)O[C@]12C(=O)COC(=O)Cc1ccc[n+](Cc2cc(C(O)CNCCCCCCOCCCCc3ccccc3)ccc2OP(=O)(O)O)c1.[Cl-]. The highest BCUT2D eigenvalue weighted by atomic mass is 35.5. The summed E-state index contributed by atoms with van der Waals surface area (Å²) in [6, 6.07) is 18.7. The maximum absolute atomic E-state index is 15.0. The molecule has 17 heteroatoms. The second-order valence-electron chi connectivity index (χ2n) is 23.0. The molecule has 1 aromatic heterocycles. The molecule has 9 rings (SSSR count). The van der Waals surface area contributed by atoms with E-state index in [-0.39, 0.29) is 72.9 Å². The highest BCUT2D eigenvalue weighted by Crippen LogP contribution is 2.70. The Kier molecular flexibility index (Phi) is 19.9. The van der Waals surface area contributed by atoms with Gasteiger partial charge in [-0.2, -0.15) is 0 Å². The molecule has 0 spiro atoms. The van der Waals surface area contributed by atoms with Crippen molar-refractivity contribution < 1.29 is 79.4 Å². The van der Waals surface area contributed by atoms with Crippen LogP contribution in [0.3, 0.4) is 0 Å². The molecule has 2 heterocycles. The molecule has 0 bridgehead atoms. The first kappa shape index (κ1) is 59.0. The van der Waals surface area contributed by atoms with E-state index in [1.54, 1.807) is 53.4 Å². The van der Waals surface area contributed by atoms with Gasteiger partial charge in [-0.1, -0.05) is 94.0 Å². The molecular weight excluding hydrogens is 1020 g/mol. The molecule has 3 aromatic rings. The molecular formula is C60H80ClN2O13P. The van der Waals surface area contributed by atoms with Crippen molar-refractivity contribution in [2.75, 3.05) is 32.9 Å². The third-order valence-corrected chi connectivity index (χ3v) is 18.4. The minimum absolute atomic E-state index is 0. The summed E-state index contributed by atoms with van der Waals surface area (Å²) in [5.74, 6) is -1.02. The van der Waals surface area contributed by atoms with Crippen LogP contribution >= 0.6 is 7.82 Å². The van der Waals surface area contributed by atoms with Gasteiger partial charge in [0.2, 0.25) is 5.78 Å². The molecule has 10 atom stereocenters. The number of fused-ring (bicyclic) bond motifs is 7. The maximum Gasteiger partial charge on any atom is 0.524 e. The second-order valence-corrected chi connectivity index (χ2v) is 24.1. The third-order valence-electron chi connectivity index (χ3n) is 18.0.